The molecule has 4 nitrogen and oxygen atoms in total. The van der Waals surface area contributed by atoms with Crippen molar-refractivity contribution in [3.63, 3.8) is 0 Å². The summed E-state index contributed by atoms with van der Waals surface area (Å²) in [5.74, 6) is 0. The number of nitrogens with one attached hydrogen (secondary N) is 1. The highest BCUT2D eigenvalue weighted by Crippen LogP contribution is 2.35. The number of halogens is 2. The number of hydrogen-bond donors (Lipinski definition) is 1. The van der Waals surface area contributed by atoms with Crippen molar-refractivity contribution in [2.75, 3.05) is 5.32 Å². The van der Waals surface area contributed by atoms with Gasteiger partial charge in [-0.05, 0) is 17.7 Å². The molecule has 2 heterocycles. The van der Waals surface area contributed by atoms with E-state index in [4.69, 9.17) is 23.2 Å². The molecule has 1 aromatic carbocycles. The van der Waals surface area contributed by atoms with Crippen LogP contribution in [0, 0.1) is 0 Å². The molecule has 3 rings (SSSR count). The Balaban J connectivity index is 1.95. The van der Waals surface area contributed by atoms with E-state index in [9.17, 15) is 0 Å². The first kappa shape index (κ1) is 12.6. The summed E-state index contributed by atoms with van der Waals surface area (Å²) in [6.45, 7) is 0.613. The second kappa shape index (κ2) is 5.28. The standard InChI is InChI=1S/C12H8Cl2N4S/c13-8-4-9(14)11-12(18-19-17-11)10(8)16-6-7-2-1-3-15-5-7/h1-5,16H,6H2. The highest BCUT2D eigenvalue weighted by molar-refractivity contribution is 7.00. The molecule has 1 N–H and O–H groups in total. The second-order valence-corrected chi connectivity index (χ2v) is 5.23. The Morgan fingerprint density at radius 3 is 2.79 bits per heavy atom. The van der Waals surface area contributed by atoms with Crippen LogP contribution in [0.15, 0.2) is 30.6 Å². The Morgan fingerprint density at radius 2 is 2.00 bits per heavy atom. The normalized spacial score (nSPS) is 10.8. The van der Waals surface area contributed by atoms with Gasteiger partial charge >= 0.3 is 0 Å². The van der Waals surface area contributed by atoms with E-state index < -0.39 is 0 Å². The van der Waals surface area contributed by atoms with Gasteiger partial charge in [-0.25, -0.2) is 0 Å². The first-order chi connectivity index (χ1) is 9.25. The first-order valence-electron chi connectivity index (χ1n) is 5.49. The van der Waals surface area contributed by atoms with Crippen molar-refractivity contribution in [1.29, 1.82) is 0 Å². The topological polar surface area (TPSA) is 50.7 Å². The second-order valence-electron chi connectivity index (χ2n) is 3.89. The number of anilines is 1. The zero-order valence-corrected chi connectivity index (χ0v) is 11.9. The molecular formula is C12H8Cl2N4S. The van der Waals surface area contributed by atoms with Crippen LogP contribution in [0.4, 0.5) is 5.69 Å². The summed E-state index contributed by atoms with van der Waals surface area (Å²) in [7, 11) is 0. The lowest BCUT2D eigenvalue weighted by Gasteiger charge is -2.09. The zero-order valence-electron chi connectivity index (χ0n) is 9.60. The maximum absolute atomic E-state index is 6.21. The van der Waals surface area contributed by atoms with Crippen molar-refractivity contribution in [2.45, 2.75) is 6.54 Å². The third-order valence-electron chi connectivity index (χ3n) is 2.64. The molecule has 19 heavy (non-hydrogen) atoms. The lowest BCUT2D eigenvalue weighted by Crippen LogP contribution is -2.01. The minimum Gasteiger partial charge on any atom is -0.378 e. The van der Waals surface area contributed by atoms with Crippen LogP contribution in [0.3, 0.4) is 0 Å². The molecule has 0 spiro atoms. The van der Waals surface area contributed by atoms with Gasteiger partial charge in [0, 0.05) is 18.9 Å². The van der Waals surface area contributed by atoms with Gasteiger partial charge in [0.25, 0.3) is 0 Å². The number of pyridine rings is 1. The molecule has 0 aliphatic heterocycles. The van der Waals surface area contributed by atoms with Gasteiger partial charge in [0.05, 0.1) is 27.5 Å². The van der Waals surface area contributed by atoms with Crippen molar-refractivity contribution in [3.05, 3.63) is 46.2 Å². The summed E-state index contributed by atoms with van der Waals surface area (Å²) in [4.78, 5) is 4.07. The van der Waals surface area contributed by atoms with Crippen LogP contribution in [0.25, 0.3) is 11.0 Å². The van der Waals surface area contributed by atoms with Crippen molar-refractivity contribution < 1.29 is 0 Å². The van der Waals surface area contributed by atoms with Crippen LogP contribution < -0.4 is 5.32 Å². The molecule has 0 unspecified atom stereocenters. The molecule has 0 radical (unpaired) electrons. The number of nitrogens with zero attached hydrogens (tertiary/aromatic N) is 3. The average molecular weight is 311 g/mol. The van der Waals surface area contributed by atoms with Gasteiger partial charge < -0.3 is 5.32 Å². The van der Waals surface area contributed by atoms with E-state index in [1.807, 2.05) is 12.1 Å². The van der Waals surface area contributed by atoms with Crippen molar-refractivity contribution >= 4 is 51.7 Å². The average Bonchev–Trinajstić information content (AvgIpc) is 2.89. The van der Waals surface area contributed by atoms with Gasteiger partial charge in [-0.1, -0.05) is 29.3 Å². The highest BCUT2D eigenvalue weighted by atomic mass is 35.5. The fraction of sp³-hybridized carbons (Fsp3) is 0.0833. The smallest absolute Gasteiger partial charge is 0.130 e. The first-order valence-corrected chi connectivity index (χ1v) is 6.97. The quantitative estimate of drug-likeness (QED) is 0.794. The summed E-state index contributed by atoms with van der Waals surface area (Å²) >= 11 is 13.4. The molecule has 0 saturated heterocycles. The zero-order chi connectivity index (χ0) is 13.2. The minimum absolute atomic E-state index is 0.515. The largest absolute Gasteiger partial charge is 0.378 e. The number of fused-ring (bicyclic) bond motifs is 1. The summed E-state index contributed by atoms with van der Waals surface area (Å²) in [5, 5.41) is 4.31. The van der Waals surface area contributed by atoms with Crippen LogP contribution in [-0.2, 0) is 6.54 Å². The number of rotatable bonds is 3. The molecule has 0 saturated carbocycles. The van der Waals surface area contributed by atoms with Gasteiger partial charge in [-0.15, -0.1) is 0 Å². The highest BCUT2D eigenvalue weighted by Gasteiger charge is 2.13. The van der Waals surface area contributed by atoms with E-state index in [1.54, 1.807) is 18.5 Å². The number of aromatic nitrogens is 3. The van der Waals surface area contributed by atoms with Gasteiger partial charge in [0.15, 0.2) is 0 Å². The third-order valence-corrected chi connectivity index (χ3v) is 3.75. The van der Waals surface area contributed by atoms with Crippen LogP contribution in [0.2, 0.25) is 10.0 Å². The predicted molar refractivity (Wildman–Crippen MR) is 79.0 cm³/mol. The van der Waals surface area contributed by atoms with Crippen molar-refractivity contribution in [2.24, 2.45) is 0 Å². The van der Waals surface area contributed by atoms with Crippen molar-refractivity contribution in [3.8, 4) is 0 Å². The fourth-order valence-corrected chi connectivity index (χ4v) is 2.91. The monoisotopic (exact) mass is 310 g/mol. The third kappa shape index (κ3) is 2.49. The van der Waals surface area contributed by atoms with E-state index in [0.717, 1.165) is 23.0 Å². The Hall–Kier alpha value is -1.43. The van der Waals surface area contributed by atoms with Crippen LogP contribution >= 0.6 is 34.9 Å². The molecule has 0 atom stereocenters. The van der Waals surface area contributed by atoms with Gasteiger partial charge in [-0.3, -0.25) is 4.98 Å². The molecule has 96 valence electrons. The Kier molecular flexibility index (Phi) is 3.50. The lowest BCUT2D eigenvalue weighted by molar-refractivity contribution is 1.11. The Morgan fingerprint density at radius 1 is 1.16 bits per heavy atom. The van der Waals surface area contributed by atoms with Crippen LogP contribution in [-0.4, -0.2) is 13.7 Å². The molecule has 0 bridgehead atoms. The molecule has 0 aliphatic rings. The SMILES string of the molecule is Clc1cc(Cl)c2nsnc2c1NCc1cccnc1. The number of hydrogen-bond acceptors (Lipinski definition) is 5. The molecule has 0 fully saturated rings. The predicted octanol–water partition coefficient (Wildman–Crippen LogP) is 4.01. The maximum Gasteiger partial charge on any atom is 0.130 e. The summed E-state index contributed by atoms with van der Waals surface area (Å²) in [6, 6.07) is 5.55. The van der Waals surface area contributed by atoms with Gasteiger partial charge in [0.2, 0.25) is 0 Å². The van der Waals surface area contributed by atoms with E-state index >= 15 is 0 Å². The Bertz CT molecular complexity index is 714. The van der Waals surface area contributed by atoms with Crippen LogP contribution in [0.5, 0.6) is 0 Å². The minimum atomic E-state index is 0.515. The summed E-state index contributed by atoms with van der Waals surface area (Å²) < 4.78 is 8.40. The lowest BCUT2D eigenvalue weighted by atomic mass is 10.2. The Labute approximate surface area is 123 Å². The van der Waals surface area contributed by atoms with E-state index in [-0.39, 0.29) is 0 Å². The van der Waals surface area contributed by atoms with Gasteiger partial charge in [-0.2, -0.15) is 8.75 Å². The summed E-state index contributed by atoms with van der Waals surface area (Å²) in [6.07, 6.45) is 3.54. The molecule has 7 heteroatoms. The number of benzene rings is 1. The van der Waals surface area contributed by atoms with Crippen LogP contribution in [0.1, 0.15) is 5.56 Å². The fourth-order valence-electron chi connectivity index (χ4n) is 1.74. The molecule has 0 aliphatic carbocycles. The summed E-state index contributed by atoms with van der Waals surface area (Å²) in [5.41, 5.74) is 3.18. The maximum atomic E-state index is 6.21. The van der Waals surface area contributed by atoms with Gasteiger partial charge in [0.1, 0.15) is 11.0 Å². The van der Waals surface area contributed by atoms with Crippen molar-refractivity contribution in [1.82, 2.24) is 13.7 Å². The molecular weight excluding hydrogens is 303 g/mol. The molecule has 2 aromatic heterocycles. The van der Waals surface area contributed by atoms with E-state index in [1.165, 1.54) is 0 Å². The molecule has 0 amide bonds. The van der Waals surface area contributed by atoms with E-state index in [0.29, 0.717) is 27.6 Å². The molecule has 3 aromatic rings. The van der Waals surface area contributed by atoms with E-state index in [2.05, 4.69) is 19.0 Å².